The Kier molecular flexibility index (Phi) is 5.64. The largest absolute Gasteiger partial charge is 0.351 e. The van der Waals surface area contributed by atoms with Crippen LogP contribution in [-0.2, 0) is 10.0 Å². The number of sulfonamides is 1. The quantitative estimate of drug-likeness (QED) is 0.519. The van der Waals surface area contributed by atoms with Gasteiger partial charge in [-0.1, -0.05) is 6.07 Å². The summed E-state index contributed by atoms with van der Waals surface area (Å²) < 4.78 is 26.6. The maximum atomic E-state index is 12.4. The van der Waals surface area contributed by atoms with E-state index in [0.29, 0.717) is 0 Å². The van der Waals surface area contributed by atoms with E-state index in [1.807, 2.05) is 0 Å². The standard InChI is InChI=1S/C18H19N3O5S2/c1-11(2)21-17(23)13-6-5-12(10-14(13)18(21)24)16(22)19-7-8-20-28(25,26)15-4-3-9-27-15/h3-6,9-11,20H,7-8H2,1-2H3,(H,19,22). The molecule has 3 rings (SSSR count). The molecule has 0 saturated heterocycles. The van der Waals surface area contributed by atoms with E-state index in [1.54, 1.807) is 25.3 Å². The lowest BCUT2D eigenvalue weighted by Crippen LogP contribution is -2.36. The molecule has 0 bridgehead atoms. The van der Waals surface area contributed by atoms with Crippen molar-refractivity contribution in [1.82, 2.24) is 14.9 Å². The molecule has 1 aliphatic heterocycles. The number of hydrogen-bond donors (Lipinski definition) is 2. The Hall–Kier alpha value is -2.56. The molecule has 10 heteroatoms. The monoisotopic (exact) mass is 421 g/mol. The smallest absolute Gasteiger partial charge is 0.261 e. The lowest BCUT2D eigenvalue weighted by Gasteiger charge is -2.17. The number of hydrogen-bond acceptors (Lipinski definition) is 6. The fourth-order valence-corrected chi connectivity index (χ4v) is 4.89. The first-order valence-corrected chi connectivity index (χ1v) is 10.9. The van der Waals surface area contributed by atoms with Crippen LogP contribution in [0.15, 0.2) is 39.9 Å². The number of nitrogens with one attached hydrogen (secondary N) is 2. The zero-order valence-corrected chi connectivity index (χ0v) is 16.9. The van der Waals surface area contributed by atoms with Gasteiger partial charge in [0, 0.05) is 24.7 Å². The summed E-state index contributed by atoms with van der Waals surface area (Å²) in [6.45, 7) is 3.58. The number of benzene rings is 1. The van der Waals surface area contributed by atoms with Crippen molar-refractivity contribution >= 4 is 39.1 Å². The van der Waals surface area contributed by atoms with Gasteiger partial charge < -0.3 is 5.32 Å². The number of fused-ring (bicyclic) bond motifs is 1. The SMILES string of the molecule is CC(C)N1C(=O)c2ccc(C(=O)NCCNS(=O)(=O)c3cccs3)cc2C1=O. The topological polar surface area (TPSA) is 113 Å². The van der Waals surface area contributed by atoms with Crippen LogP contribution in [0, 0.1) is 0 Å². The maximum Gasteiger partial charge on any atom is 0.261 e. The van der Waals surface area contributed by atoms with Crippen LogP contribution in [0.1, 0.15) is 44.9 Å². The highest BCUT2D eigenvalue weighted by Crippen LogP contribution is 2.25. The Balaban J connectivity index is 1.61. The molecule has 0 fully saturated rings. The first kappa shape index (κ1) is 20.2. The van der Waals surface area contributed by atoms with Crippen molar-refractivity contribution < 1.29 is 22.8 Å². The predicted octanol–water partition coefficient (Wildman–Crippen LogP) is 1.46. The molecule has 0 aliphatic carbocycles. The minimum absolute atomic E-state index is 0.0233. The van der Waals surface area contributed by atoms with Gasteiger partial charge >= 0.3 is 0 Å². The van der Waals surface area contributed by atoms with Gasteiger partial charge in [0.2, 0.25) is 10.0 Å². The van der Waals surface area contributed by atoms with E-state index in [4.69, 9.17) is 0 Å². The van der Waals surface area contributed by atoms with Gasteiger partial charge in [0.05, 0.1) is 11.1 Å². The van der Waals surface area contributed by atoms with E-state index in [-0.39, 0.29) is 45.9 Å². The van der Waals surface area contributed by atoms with Crippen LogP contribution in [0.4, 0.5) is 0 Å². The molecule has 1 aromatic heterocycles. The van der Waals surface area contributed by atoms with Crippen molar-refractivity contribution in [3.63, 3.8) is 0 Å². The van der Waals surface area contributed by atoms with E-state index >= 15 is 0 Å². The van der Waals surface area contributed by atoms with Gasteiger partial charge in [-0.05, 0) is 43.5 Å². The highest BCUT2D eigenvalue weighted by molar-refractivity contribution is 7.91. The van der Waals surface area contributed by atoms with E-state index in [0.717, 1.165) is 16.2 Å². The molecule has 0 unspecified atom stereocenters. The number of thiophene rings is 1. The lowest BCUT2D eigenvalue weighted by molar-refractivity contribution is 0.0609. The minimum atomic E-state index is -3.59. The molecule has 8 nitrogen and oxygen atoms in total. The molecule has 1 aromatic carbocycles. The van der Waals surface area contributed by atoms with Crippen LogP contribution >= 0.6 is 11.3 Å². The highest BCUT2D eigenvalue weighted by Gasteiger charge is 2.37. The van der Waals surface area contributed by atoms with Crippen LogP contribution < -0.4 is 10.0 Å². The van der Waals surface area contributed by atoms with Crippen molar-refractivity contribution in [2.45, 2.75) is 24.1 Å². The third-order valence-electron chi connectivity index (χ3n) is 4.16. The minimum Gasteiger partial charge on any atom is -0.351 e. The van der Waals surface area contributed by atoms with Gasteiger partial charge in [-0.25, -0.2) is 13.1 Å². The van der Waals surface area contributed by atoms with Gasteiger partial charge in [-0.3, -0.25) is 19.3 Å². The molecule has 0 radical (unpaired) electrons. The average molecular weight is 422 g/mol. The number of amides is 3. The predicted molar refractivity (Wildman–Crippen MR) is 104 cm³/mol. The summed E-state index contributed by atoms with van der Waals surface area (Å²) in [5.74, 6) is -1.25. The van der Waals surface area contributed by atoms with E-state index in [9.17, 15) is 22.8 Å². The van der Waals surface area contributed by atoms with Crippen LogP contribution in [0.3, 0.4) is 0 Å². The van der Waals surface area contributed by atoms with Crippen molar-refractivity contribution in [3.8, 4) is 0 Å². The second-order valence-corrected chi connectivity index (χ2v) is 9.36. The molecular formula is C18H19N3O5S2. The molecule has 2 heterocycles. The molecule has 1 aliphatic rings. The molecule has 0 saturated carbocycles. The second-order valence-electron chi connectivity index (χ2n) is 6.42. The fraction of sp³-hybridized carbons (Fsp3) is 0.278. The van der Waals surface area contributed by atoms with E-state index in [1.165, 1.54) is 24.3 Å². The average Bonchev–Trinajstić information content (AvgIpc) is 3.27. The summed E-state index contributed by atoms with van der Waals surface area (Å²) in [4.78, 5) is 38.1. The highest BCUT2D eigenvalue weighted by atomic mass is 32.2. The number of carbonyl (C=O) groups excluding carboxylic acids is 3. The molecule has 28 heavy (non-hydrogen) atoms. The Labute approximate surface area is 166 Å². The van der Waals surface area contributed by atoms with Gasteiger partial charge in [-0.15, -0.1) is 11.3 Å². The molecule has 0 spiro atoms. The summed E-state index contributed by atoms with van der Waals surface area (Å²) in [5, 5.41) is 4.26. The molecule has 3 amide bonds. The van der Waals surface area contributed by atoms with Crippen molar-refractivity contribution in [2.24, 2.45) is 0 Å². The first-order chi connectivity index (χ1) is 13.2. The molecule has 2 aromatic rings. The Morgan fingerprint density at radius 2 is 1.82 bits per heavy atom. The van der Waals surface area contributed by atoms with Crippen molar-refractivity contribution in [2.75, 3.05) is 13.1 Å². The normalized spacial score (nSPS) is 13.9. The maximum absolute atomic E-state index is 12.4. The summed E-state index contributed by atoms with van der Waals surface area (Å²) in [5.41, 5.74) is 0.704. The second kappa shape index (κ2) is 7.82. The summed E-state index contributed by atoms with van der Waals surface area (Å²) in [6.07, 6.45) is 0. The third kappa shape index (κ3) is 3.84. The lowest BCUT2D eigenvalue weighted by atomic mass is 10.1. The summed E-state index contributed by atoms with van der Waals surface area (Å²) in [6, 6.07) is 7.19. The Bertz CT molecular complexity index is 1030. The summed E-state index contributed by atoms with van der Waals surface area (Å²) in [7, 11) is -3.59. The molecule has 148 valence electrons. The number of nitrogens with zero attached hydrogens (tertiary/aromatic N) is 1. The molecule has 2 N–H and O–H groups in total. The van der Waals surface area contributed by atoms with Crippen molar-refractivity contribution in [3.05, 3.63) is 52.4 Å². The summed E-state index contributed by atoms with van der Waals surface area (Å²) >= 11 is 1.10. The number of imide groups is 1. The molecule has 0 atom stereocenters. The fourth-order valence-electron chi connectivity index (χ4n) is 2.82. The van der Waals surface area contributed by atoms with Crippen LogP contribution in [-0.4, -0.2) is 50.2 Å². The van der Waals surface area contributed by atoms with Crippen LogP contribution in [0.5, 0.6) is 0 Å². The van der Waals surface area contributed by atoms with Gasteiger partial charge in [0.15, 0.2) is 0 Å². The van der Waals surface area contributed by atoms with Gasteiger partial charge in [0.1, 0.15) is 4.21 Å². The zero-order chi connectivity index (χ0) is 20.5. The Morgan fingerprint density at radius 3 is 2.46 bits per heavy atom. The van der Waals surface area contributed by atoms with Gasteiger partial charge in [0.25, 0.3) is 17.7 Å². The number of carbonyl (C=O) groups is 3. The Morgan fingerprint density at radius 1 is 1.11 bits per heavy atom. The van der Waals surface area contributed by atoms with Crippen LogP contribution in [0.2, 0.25) is 0 Å². The molecular weight excluding hydrogens is 402 g/mol. The third-order valence-corrected chi connectivity index (χ3v) is 7.02. The van der Waals surface area contributed by atoms with Crippen molar-refractivity contribution in [1.29, 1.82) is 0 Å². The zero-order valence-electron chi connectivity index (χ0n) is 15.3. The van der Waals surface area contributed by atoms with E-state index in [2.05, 4.69) is 10.0 Å². The van der Waals surface area contributed by atoms with Gasteiger partial charge in [-0.2, -0.15) is 0 Å². The van der Waals surface area contributed by atoms with E-state index < -0.39 is 21.8 Å². The number of rotatable bonds is 7. The van der Waals surface area contributed by atoms with Crippen LogP contribution in [0.25, 0.3) is 0 Å². The first-order valence-electron chi connectivity index (χ1n) is 8.55.